The molecule has 3 aliphatic rings. The average Bonchev–Trinajstić information content (AvgIpc) is 3.23. The SMILES string of the molecule is CCC1(CN(CC2CC2)CC2CC2)CCCN1. The molecule has 3 rings (SSSR count). The molecule has 1 aliphatic heterocycles. The van der Waals surface area contributed by atoms with Crippen molar-refractivity contribution in [3.8, 4) is 0 Å². The van der Waals surface area contributed by atoms with Crippen molar-refractivity contribution >= 4 is 0 Å². The molecular weight excluding hydrogens is 208 g/mol. The van der Waals surface area contributed by atoms with Gasteiger partial charge in [0.2, 0.25) is 0 Å². The second-order valence-corrected chi connectivity index (χ2v) is 6.75. The zero-order chi connectivity index (χ0) is 11.7. The van der Waals surface area contributed by atoms with Gasteiger partial charge >= 0.3 is 0 Å². The van der Waals surface area contributed by atoms with Crippen LogP contribution in [0, 0.1) is 11.8 Å². The van der Waals surface area contributed by atoms with E-state index in [4.69, 9.17) is 0 Å². The molecule has 17 heavy (non-hydrogen) atoms. The van der Waals surface area contributed by atoms with E-state index >= 15 is 0 Å². The summed E-state index contributed by atoms with van der Waals surface area (Å²) in [7, 11) is 0. The molecule has 2 aliphatic carbocycles. The van der Waals surface area contributed by atoms with Crippen molar-refractivity contribution in [1.29, 1.82) is 0 Å². The molecule has 0 aromatic carbocycles. The first kappa shape index (κ1) is 12.0. The molecule has 2 heteroatoms. The predicted octanol–water partition coefficient (Wildman–Crippen LogP) is 2.64. The van der Waals surface area contributed by atoms with E-state index in [1.165, 1.54) is 71.1 Å². The first-order valence-corrected chi connectivity index (χ1v) is 7.77. The molecule has 1 saturated heterocycles. The Bertz CT molecular complexity index is 236. The van der Waals surface area contributed by atoms with Crippen molar-refractivity contribution in [2.45, 2.75) is 57.4 Å². The summed E-state index contributed by atoms with van der Waals surface area (Å²) >= 11 is 0. The Labute approximate surface area is 106 Å². The quantitative estimate of drug-likeness (QED) is 0.731. The van der Waals surface area contributed by atoms with Crippen molar-refractivity contribution in [1.82, 2.24) is 10.2 Å². The van der Waals surface area contributed by atoms with Gasteiger partial charge in [0.1, 0.15) is 0 Å². The van der Waals surface area contributed by atoms with Crippen LogP contribution in [0.15, 0.2) is 0 Å². The molecule has 0 radical (unpaired) electrons. The molecule has 0 amide bonds. The molecule has 1 unspecified atom stereocenters. The van der Waals surface area contributed by atoms with Gasteiger partial charge in [-0.25, -0.2) is 0 Å². The van der Waals surface area contributed by atoms with E-state index in [0.717, 1.165) is 11.8 Å². The van der Waals surface area contributed by atoms with Gasteiger partial charge in [-0.15, -0.1) is 0 Å². The molecule has 2 nitrogen and oxygen atoms in total. The van der Waals surface area contributed by atoms with Crippen LogP contribution in [0.1, 0.15) is 51.9 Å². The van der Waals surface area contributed by atoms with E-state index in [1.807, 2.05) is 0 Å². The minimum Gasteiger partial charge on any atom is -0.310 e. The highest BCUT2D eigenvalue weighted by molar-refractivity contribution is 4.96. The van der Waals surface area contributed by atoms with Crippen molar-refractivity contribution in [2.24, 2.45) is 11.8 Å². The Morgan fingerprint density at radius 2 is 1.76 bits per heavy atom. The van der Waals surface area contributed by atoms with Gasteiger partial charge in [0.25, 0.3) is 0 Å². The maximum absolute atomic E-state index is 3.80. The van der Waals surface area contributed by atoms with E-state index in [0.29, 0.717) is 5.54 Å². The molecule has 0 spiro atoms. The van der Waals surface area contributed by atoms with Gasteiger partial charge in [-0.3, -0.25) is 0 Å². The number of rotatable bonds is 7. The summed E-state index contributed by atoms with van der Waals surface area (Å²) in [5.41, 5.74) is 0.462. The molecule has 0 aromatic rings. The zero-order valence-corrected chi connectivity index (χ0v) is 11.4. The van der Waals surface area contributed by atoms with Gasteiger partial charge in [-0.2, -0.15) is 0 Å². The summed E-state index contributed by atoms with van der Waals surface area (Å²) < 4.78 is 0. The van der Waals surface area contributed by atoms with Crippen molar-refractivity contribution in [3.63, 3.8) is 0 Å². The van der Waals surface area contributed by atoms with E-state index < -0.39 is 0 Å². The van der Waals surface area contributed by atoms with Crippen LogP contribution in [-0.4, -0.2) is 36.6 Å². The van der Waals surface area contributed by atoms with Crippen LogP contribution >= 0.6 is 0 Å². The minimum atomic E-state index is 0.462. The lowest BCUT2D eigenvalue weighted by atomic mass is 9.93. The summed E-state index contributed by atoms with van der Waals surface area (Å²) in [5, 5.41) is 3.80. The molecule has 0 bridgehead atoms. The summed E-state index contributed by atoms with van der Waals surface area (Å²) in [6.07, 6.45) is 10.1. The van der Waals surface area contributed by atoms with Crippen LogP contribution in [-0.2, 0) is 0 Å². The summed E-state index contributed by atoms with van der Waals surface area (Å²) in [5.74, 6) is 2.09. The average molecular weight is 236 g/mol. The molecule has 1 N–H and O–H groups in total. The normalized spacial score (nSPS) is 33.5. The van der Waals surface area contributed by atoms with E-state index in [9.17, 15) is 0 Å². The van der Waals surface area contributed by atoms with E-state index in [2.05, 4.69) is 17.1 Å². The largest absolute Gasteiger partial charge is 0.310 e. The fraction of sp³-hybridized carbons (Fsp3) is 1.00. The molecule has 0 aromatic heterocycles. The van der Waals surface area contributed by atoms with Gasteiger partial charge in [0.05, 0.1) is 0 Å². The molecule has 1 heterocycles. The van der Waals surface area contributed by atoms with Crippen LogP contribution in [0.2, 0.25) is 0 Å². The van der Waals surface area contributed by atoms with Crippen molar-refractivity contribution in [2.75, 3.05) is 26.2 Å². The second-order valence-electron chi connectivity index (χ2n) is 6.75. The van der Waals surface area contributed by atoms with Crippen LogP contribution < -0.4 is 5.32 Å². The third-order valence-corrected chi connectivity index (χ3v) is 4.96. The van der Waals surface area contributed by atoms with E-state index in [1.54, 1.807) is 0 Å². The Morgan fingerprint density at radius 3 is 2.18 bits per heavy atom. The van der Waals surface area contributed by atoms with Gasteiger partial charge in [-0.1, -0.05) is 6.92 Å². The first-order chi connectivity index (χ1) is 8.30. The van der Waals surface area contributed by atoms with E-state index in [-0.39, 0.29) is 0 Å². The third-order valence-electron chi connectivity index (χ3n) is 4.96. The lowest BCUT2D eigenvalue weighted by Crippen LogP contribution is -2.50. The summed E-state index contributed by atoms with van der Waals surface area (Å²) in [6, 6.07) is 0. The fourth-order valence-electron chi connectivity index (χ4n) is 3.38. The Hall–Kier alpha value is -0.0800. The lowest BCUT2D eigenvalue weighted by Gasteiger charge is -2.35. The standard InChI is InChI=1S/C15H28N2/c1-2-15(8-3-9-16-15)12-17(10-13-4-5-13)11-14-6-7-14/h13-14,16H,2-12H2,1H3. The van der Waals surface area contributed by atoms with Crippen molar-refractivity contribution < 1.29 is 0 Å². The highest BCUT2D eigenvalue weighted by atomic mass is 15.2. The van der Waals surface area contributed by atoms with Gasteiger partial charge in [0.15, 0.2) is 0 Å². The third kappa shape index (κ3) is 3.23. The monoisotopic (exact) mass is 236 g/mol. The first-order valence-electron chi connectivity index (χ1n) is 7.77. The minimum absolute atomic E-state index is 0.462. The topological polar surface area (TPSA) is 15.3 Å². The highest BCUT2D eigenvalue weighted by Crippen LogP contribution is 2.35. The van der Waals surface area contributed by atoms with Crippen LogP contribution in [0.4, 0.5) is 0 Å². The maximum Gasteiger partial charge on any atom is 0.0306 e. The van der Waals surface area contributed by atoms with Gasteiger partial charge in [0, 0.05) is 25.2 Å². The molecule has 2 saturated carbocycles. The number of nitrogens with one attached hydrogen (secondary N) is 1. The number of hydrogen-bond acceptors (Lipinski definition) is 2. The lowest BCUT2D eigenvalue weighted by molar-refractivity contribution is 0.175. The Morgan fingerprint density at radius 1 is 1.12 bits per heavy atom. The molecular formula is C15H28N2. The Kier molecular flexibility index (Phi) is 3.45. The zero-order valence-electron chi connectivity index (χ0n) is 11.4. The molecule has 3 fully saturated rings. The number of nitrogens with zero attached hydrogens (tertiary/aromatic N) is 1. The number of hydrogen-bond donors (Lipinski definition) is 1. The summed E-state index contributed by atoms with van der Waals surface area (Å²) in [6.45, 7) is 7.70. The maximum atomic E-state index is 3.80. The molecule has 1 atom stereocenters. The van der Waals surface area contributed by atoms with Crippen LogP contribution in [0.25, 0.3) is 0 Å². The predicted molar refractivity (Wildman–Crippen MR) is 72.1 cm³/mol. The van der Waals surface area contributed by atoms with Crippen LogP contribution in [0.5, 0.6) is 0 Å². The fourth-order valence-corrected chi connectivity index (χ4v) is 3.38. The highest BCUT2D eigenvalue weighted by Gasteiger charge is 2.36. The van der Waals surface area contributed by atoms with Gasteiger partial charge in [-0.05, 0) is 63.3 Å². The van der Waals surface area contributed by atoms with Crippen molar-refractivity contribution in [3.05, 3.63) is 0 Å². The van der Waals surface area contributed by atoms with Gasteiger partial charge < -0.3 is 10.2 Å². The Balaban J connectivity index is 1.56. The second kappa shape index (κ2) is 4.89. The summed E-state index contributed by atoms with van der Waals surface area (Å²) in [4.78, 5) is 2.80. The molecule has 98 valence electrons. The van der Waals surface area contributed by atoms with Crippen LogP contribution in [0.3, 0.4) is 0 Å². The smallest absolute Gasteiger partial charge is 0.0306 e.